The van der Waals surface area contributed by atoms with E-state index in [2.05, 4.69) is 10.1 Å². The van der Waals surface area contributed by atoms with E-state index in [0.717, 1.165) is 0 Å². The van der Waals surface area contributed by atoms with Gasteiger partial charge in [-0.3, -0.25) is 0 Å². The number of thioether (sulfide) groups is 1. The Morgan fingerprint density at radius 3 is 2.45 bits per heavy atom. The smallest absolute Gasteiger partial charge is 0.246 e. The summed E-state index contributed by atoms with van der Waals surface area (Å²) < 4.78 is 4.91. The largest absolute Gasteiger partial charge is 0.336 e. The fourth-order valence-electron chi connectivity index (χ4n) is 0.555. The standard InChI is InChI=1S/C6H11N3OS/c1-6(2,7)4-8-5(11-3)9-10-4/h7H2,1-3H3. The third kappa shape index (κ3) is 1.94. The Morgan fingerprint density at radius 1 is 1.55 bits per heavy atom. The quantitative estimate of drug-likeness (QED) is 0.675. The predicted octanol–water partition coefficient (Wildman–Crippen LogP) is 0.985. The van der Waals surface area contributed by atoms with Gasteiger partial charge in [-0.2, -0.15) is 4.98 Å². The number of nitrogens with two attached hydrogens (primary N) is 1. The molecule has 1 heterocycles. The van der Waals surface area contributed by atoms with Crippen LogP contribution < -0.4 is 5.73 Å². The van der Waals surface area contributed by atoms with Gasteiger partial charge in [0, 0.05) is 0 Å². The summed E-state index contributed by atoms with van der Waals surface area (Å²) in [6, 6.07) is 0. The van der Waals surface area contributed by atoms with Crippen LogP contribution in [0.2, 0.25) is 0 Å². The molecule has 0 aliphatic rings. The van der Waals surface area contributed by atoms with Crippen LogP contribution in [-0.2, 0) is 5.54 Å². The van der Waals surface area contributed by atoms with Crippen LogP contribution >= 0.6 is 11.8 Å². The molecule has 1 rings (SSSR count). The number of rotatable bonds is 2. The maximum atomic E-state index is 5.72. The Balaban J connectivity index is 2.89. The van der Waals surface area contributed by atoms with Crippen LogP contribution in [0.25, 0.3) is 0 Å². The van der Waals surface area contributed by atoms with E-state index < -0.39 is 5.54 Å². The van der Waals surface area contributed by atoms with E-state index in [1.807, 2.05) is 20.1 Å². The Morgan fingerprint density at radius 2 is 2.18 bits per heavy atom. The van der Waals surface area contributed by atoms with Crippen LogP contribution in [0.5, 0.6) is 0 Å². The van der Waals surface area contributed by atoms with E-state index in [4.69, 9.17) is 10.3 Å². The minimum atomic E-state index is -0.541. The highest BCUT2D eigenvalue weighted by molar-refractivity contribution is 7.98. The average Bonchev–Trinajstić information content (AvgIpc) is 2.32. The monoisotopic (exact) mass is 173 g/mol. The molecule has 0 saturated heterocycles. The molecule has 11 heavy (non-hydrogen) atoms. The minimum absolute atomic E-state index is 0.474. The lowest BCUT2D eigenvalue weighted by Crippen LogP contribution is -2.28. The Labute approximate surface area is 69.5 Å². The molecule has 62 valence electrons. The molecule has 0 aliphatic carbocycles. The van der Waals surface area contributed by atoms with Gasteiger partial charge in [-0.25, -0.2) is 0 Å². The van der Waals surface area contributed by atoms with Crippen LogP contribution in [0.15, 0.2) is 9.68 Å². The van der Waals surface area contributed by atoms with Crippen LogP contribution in [0.4, 0.5) is 0 Å². The van der Waals surface area contributed by atoms with Crippen molar-refractivity contribution in [2.24, 2.45) is 5.73 Å². The molecule has 2 N–H and O–H groups in total. The first-order chi connectivity index (χ1) is 5.04. The fourth-order valence-corrected chi connectivity index (χ4v) is 0.841. The van der Waals surface area contributed by atoms with Crippen LogP contribution in [0.1, 0.15) is 19.7 Å². The minimum Gasteiger partial charge on any atom is -0.336 e. The molecule has 5 heteroatoms. The van der Waals surface area contributed by atoms with Gasteiger partial charge in [0.25, 0.3) is 0 Å². The molecule has 0 aromatic carbocycles. The maximum absolute atomic E-state index is 5.72. The number of nitrogens with zero attached hydrogens (tertiary/aromatic N) is 2. The van der Waals surface area contributed by atoms with Crippen molar-refractivity contribution in [3.8, 4) is 0 Å². The summed E-state index contributed by atoms with van der Waals surface area (Å²) in [4.78, 5) is 4.06. The van der Waals surface area contributed by atoms with Gasteiger partial charge in [-0.05, 0) is 20.1 Å². The maximum Gasteiger partial charge on any atom is 0.246 e. The van der Waals surface area contributed by atoms with E-state index in [1.165, 1.54) is 11.8 Å². The number of hydrogen-bond acceptors (Lipinski definition) is 5. The van der Waals surface area contributed by atoms with Gasteiger partial charge in [0.2, 0.25) is 11.0 Å². The van der Waals surface area contributed by atoms with Crippen molar-refractivity contribution in [2.75, 3.05) is 6.26 Å². The second-order valence-corrected chi connectivity index (χ2v) is 3.58. The van der Waals surface area contributed by atoms with Gasteiger partial charge in [-0.15, -0.1) is 0 Å². The average molecular weight is 173 g/mol. The fraction of sp³-hybridized carbons (Fsp3) is 0.667. The normalized spacial score (nSPS) is 12.0. The lowest BCUT2D eigenvalue weighted by Gasteiger charge is -2.10. The van der Waals surface area contributed by atoms with Crippen molar-refractivity contribution in [3.63, 3.8) is 0 Å². The molecule has 0 fully saturated rings. The van der Waals surface area contributed by atoms with E-state index in [0.29, 0.717) is 11.0 Å². The van der Waals surface area contributed by atoms with Crippen molar-refractivity contribution in [1.29, 1.82) is 0 Å². The second kappa shape index (κ2) is 2.83. The van der Waals surface area contributed by atoms with Gasteiger partial charge >= 0.3 is 0 Å². The Kier molecular flexibility index (Phi) is 2.20. The predicted molar refractivity (Wildman–Crippen MR) is 43.3 cm³/mol. The highest BCUT2D eigenvalue weighted by Gasteiger charge is 2.21. The van der Waals surface area contributed by atoms with Gasteiger partial charge in [0.05, 0.1) is 5.54 Å². The molecule has 0 bridgehead atoms. The van der Waals surface area contributed by atoms with Crippen LogP contribution in [0, 0.1) is 0 Å². The molecule has 1 aromatic heterocycles. The summed E-state index contributed by atoms with van der Waals surface area (Å²) >= 11 is 1.43. The molecule has 4 nitrogen and oxygen atoms in total. The summed E-state index contributed by atoms with van der Waals surface area (Å²) in [5, 5.41) is 4.32. The zero-order valence-electron chi connectivity index (χ0n) is 6.79. The van der Waals surface area contributed by atoms with E-state index in [1.54, 1.807) is 0 Å². The first-order valence-electron chi connectivity index (χ1n) is 3.21. The van der Waals surface area contributed by atoms with Gasteiger partial charge in [-0.1, -0.05) is 16.9 Å². The van der Waals surface area contributed by atoms with Crippen molar-refractivity contribution in [1.82, 2.24) is 10.1 Å². The molecule has 0 atom stereocenters. The number of hydrogen-bond donors (Lipinski definition) is 1. The molecule has 0 amide bonds. The molecular weight excluding hydrogens is 162 g/mol. The molecular formula is C6H11N3OS. The zero-order valence-corrected chi connectivity index (χ0v) is 7.60. The van der Waals surface area contributed by atoms with Gasteiger partial charge in [0.15, 0.2) is 0 Å². The molecule has 0 saturated carbocycles. The van der Waals surface area contributed by atoms with E-state index >= 15 is 0 Å². The molecule has 0 spiro atoms. The zero-order chi connectivity index (χ0) is 8.48. The lowest BCUT2D eigenvalue weighted by atomic mass is 10.1. The first-order valence-corrected chi connectivity index (χ1v) is 4.43. The lowest BCUT2D eigenvalue weighted by molar-refractivity contribution is 0.307. The van der Waals surface area contributed by atoms with Crippen molar-refractivity contribution in [2.45, 2.75) is 24.5 Å². The van der Waals surface area contributed by atoms with Crippen LogP contribution in [0.3, 0.4) is 0 Å². The summed E-state index contributed by atoms with van der Waals surface area (Å²) in [5.74, 6) is 0.474. The van der Waals surface area contributed by atoms with Gasteiger partial charge < -0.3 is 10.3 Å². The summed E-state index contributed by atoms with van der Waals surface area (Å²) in [6.07, 6.45) is 1.89. The van der Waals surface area contributed by atoms with Gasteiger partial charge in [0.1, 0.15) is 0 Å². The molecule has 0 unspecified atom stereocenters. The Hall–Kier alpha value is -0.550. The third-order valence-electron chi connectivity index (χ3n) is 1.14. The van der Waals surface area contributed by atoms with Crippen molar-refractivity contribution < 1.29 is 4.52 Å². The van der Waals surface area contributed by atoms with Crippen molar-refractivity contribution >= 4 is 11.8 Å². The number of aromatic nitrogens is 2. The highest BCUT2D eigenvalue weighted by Crippen LogP contribution is 2.17. The Bertz CT molecular complexity index is 240. The van der Waals surface area contributed by atoms with E-state index in [9.17, 15) is 0 Å². The SMILES string of the molecule is CSc1noc(C(C)(C)N)n1. The highest BCUT2D eigenvalue weighted by atomic mass is 32.2. The summed E-state index contributed by atoms with van der Waals surface area (Å²) in [7, 11) is 0. The molecule has 1 aromatic rings. The first kappa shape index (κ1) is 8.55. The summed E-state index contributed by atoms with van der Waals surface area (Å²) in [5.41, 5.74) is 5.18. The van der Waals surface area contributed by atoms with E-state index in [-0.39, 0.29) is 0 Å². The summed E-state index contributed by atoms with van der Waals surface area (Å²) in [6.45, 7) is 3.65. The molecule has 0 aliphatic heterocycles. The second-order valence-electron chi connectivity index (χ2n) is 2.81. The van der Waals surface area contributed by atoms with Crippen molar-refractivity contribution in [3.05, 3.63) is 5.89 Å². The third-order valence-corrected chi connectivity index (χ3v) is 1.67. The van der Waals surface area contributed by atoms with Crippen LogP contribution in [-0.4, -0.2) is 16.4 Å². The molecule has 0 radical (unpaired) electrons. The topological polar surface area (TPSA) is 64.9 Å².